The fourth-order valence-electron chi connectivity index (χ4n) is 3.19. The zero-order valence-corrected chi connectivity index (χ0v) is 15.3. The van der Waals surface area contributed by atoms with Crippen LogP contribution in [0, 0.1) is 5.82 Å². The van der Waals surface area contributed by atoms with Crippen LogP contribution in [-0.2, 0) is 17.6 Å². The lowest BCUT2D eigenvalue weighted by Crippen LogP contribution is -2.28. The highest BCUT2D eigenvalue weighted by Gasteiger charge is 2.26. The van der Waals surface area contributed by atoms with Crippen LogP contribution in [0.25, 0.3) is 0 Å². The number of carbonyl (C=O) groups is 2. The first-order valence-electron chi connectivity index (χ1n) is 8.63. The average Bonchev–Trinajstić information content (AvgIpc) is 3.32. The fraction of sp³-hybridized carbons (Fsp3) is 0.143. The lowest BCUT2D eigenvalue weighted by atomic mass is 10.1. The number of halogens is 1. The Labute approximate surface area is 160 Å². The Balaban J connectivity index is 1.49. The van der Waals surface area contributed by atoms with Crippen LogP contribution < -0.4 is 10.2 Å². The number of fused-ring (bicyclic) bond motifs is 1. The third kappa shape index (κ3) is 3.75. The van der Waals surface area contributed by atoms with Gasteiger partial charge in [-0.15, -0.1) is 11.3 Å². The van der Waals surface area contributed by atoms with Gasteiger partial charge in [0.05, 0.1) is 11.3 Å². The van der Waals surface area contributed by atoms with Gasteiger partial charge >= 0.3 is 0 Å². The number of benzene rings is 2. The van der Waals surface area contributed by atoms with Crippen LogP contribution in [0.4, 0.5) is 15.8 Å². The second-order valence-corrected chi connectivity index (χ2v) is 7.33. The van der Waals surface area contributed by atoms with E-state index in [-0.39, 0.29) is 24.1 Å². The highest BCUT2D eigenvalue weighted by atomic mass is 32.1. The Morgan fingerprint density at radius 1 is 1.11 bits per heavy atom. The third-order valence-electron chi connectivity index (χ3n) is 4.52. The van der Waals surface area contributed by atoms with Gasteiger partial charge in [-0.3, -0.25) is 9.59 Å². The molecule has 0 radical (unpaired) electrons. The summed E-state index contributed by atoms with van der Waals surface area (Å²) in [5.74, 6) is -0.525. The van der Waals surface area contributed by atoms with Crippen molar-refractivity contribution < 1.29 is 14.0 Å². The molecule has 1 aliphatic rings. The molecule has 6 heteroatoms. The minimum Gasteiger partial charge on any atom is -0.326 e. The van der Waals surface area contributed by atoms with Crippen molar-refractivity contribution >= 4 is 34.5 Å². The quantitative estimate of drug-likeness (QED) is 0.735. The van der Waals surface area contributed by atoms with E-state index < -0.39 is 0 Å². The SMILES string of the molecule is O=C(Cc1ccc(F)cc1)Nc1ccc2c(c1)N(C(=O)c1cccs1)CC2. The molecule has 0 bridgehead atoms. The molecule has 2 amide bonds. The third-order valence-corrected chi connectivity index (χ3v) is 5.38. The average molecular weight is 380 g/mol. The van der Waals surface area contributed by atoms with Crippen LogP contribution in [0.1, 0.15) is 20.8 Å². The number of carbonyl (C=O) groups excluding carboxylic acids is 2. The lowest BCUT2D eigenvalue weighted by molar-refractivity contribution is -0.115. The fourth-order valence-corrected chi connectivity index (χ4v) is 3.87. The molecule has 0 saturated heterocycles. The summed E-state index contributed by atoms with van der Waals surface area (Å²) in [5.41, 5.74) is 3.32. The van der Waals surface area contributed by atoms with E-state index in [4.69, 9.17) is 0 Å². The molecule has 1 aliphatic heterocycles. The largest absolute Gasteiger partial charge is 0.326 e. The first kappa shape index (κ1) is 17.4. The van der Waals surface area contributed by atoms with Crippen molar-refractivity contribution in [3.05, 3.63) is 81.8 Å². The number of hydrogen-bond donors (Lipinski definition) is 1. The summed E-state index contributed by atoms with van der Waals surface area (Å²) in [4.78, 5) is 27.4. The van der Waals surface area contributed by atoms with E-state index in [1.807, 2.05) is 35.7 Å². The number of amides is 2. The van der Waals surface area contributed by atoms with Gasteiger partial charge in [0, 0.05) is 17.9 Å². The molecule has 27 heavy (non-hydrogen) atoms. The minimum absolute atomic E-state index is 0.0152. The molecule has 1 aromatic heterocycles. The predicted octanol–water partition coefficient (Wildman–Crippen LogP) is 4.27. The Hall–Kier alpha value is -2.99. The topological polar surface area (TPSA) is 49.4 Å². The number of hydrogen-bond acceptors (Lipinski definition) is 3. The number of thiophene rings is 1. The molecule has 0 atom stereocenters. The van der Waals surface area contributed by atoms with Crippen molar-refractivity contribution in [3.63, 3.8) is 0 Å². The van der Waals surface area contributed by atoms with Gasteiger partial charge in [0.25, 0.3) is 5.91 Å². The molecular formula is C21H17FN2O2S. The first-order chi connectivity index (χ1) is 13.1. The summed E-state index contributed by atoms with van der Waals surface area (Å²) in [6.07, 6.45) is 0.964. The predicted molar refractivity (Wildman–Crippen MR) is 105 cm³/mol. The van der Waals surface area contributed by atoms with Crippen molar-refractivity contribution in [2.24, 2.45) is 0 Å². The molecule has 4 rings (SSSR count). The standard InChI is InChI=1S/C21H17FN2O2S/c22-16-6-3-14(4-7-16)12-20(25)23-17-8-5-15-9-10-24(18(15)13-17)21(26)19-2-1-11-27-19/h1-8,11,13H,9-10,12H2,(H,23,25). The maximum Gasteiger partial charge on any atom is 0.268 e. The normalized spacial score (nSPS) is 12.7. The first-order valence-corrected chi connectivity index (χ1v) is 9.51. The van der Waals surface area contributed by atoms with E-state index in [9.17, 15) is 14.0 Å². The summed E-state index contributed by atoms with van der Waals surface area (Å²) in [5, 5.41) is 4.75. The van der Waals surface area contributed by atoms with Crippen molar-refractivity contribution in [2.75, 3.05) is 16.8 Å². The number of rotatable bonds is 4. The summed E-state index contributed by atoms with van der Waals surface area (Å²) in [7, 11) is 0. The zero-order valence-electron chi connectivity index (χ0n) is 14.4. The van der Waals surface area contributed by atoms with Gasteiger partial charge < -0.3 is 10.2 Å². The Morgan fingerprint density at radius 3 is 2.67 bits per heavy atom. The highest BCUT2D eigenvalue weighted by molar-refractivity contribution is 7.12. The van der Waals surface area contributed by atoms with Crippen LogP contribution in [-0.4, -0.2) is 18.4 Å². The van der Waals surface area contributed by atoms with E-state index >= 15 is 0 Å². The van der Waals surface area contributed by atoms with Crippen LogP contribution in [0.2, 0.25) is 0 Å². The van der Waals surface area contributed by atoms with Gasteiger partial charge in [-0.05, 0) is 53.3 Å². The van der Waals surface area contributed by atoms with Crippen LogP contribution >= 0.6 is 11.3 Å². The summed E-state index contributed by atoms with van der Waals surface area (Å²) in [6.45, 7) is 0.638. The Kier molecular flexibility index (Phi) is 4.73. The number of nitrogens with one attached hydrogen (secondary N) is 1. The summed E-state index contributed by atoms with van der Waals surface area (Å²) in [6, 6.07) is 15.2. The van der Waals surface area contributed by atoms with Gasteiger partial charge in [0.15, 0.2) is 0 Å². The maximum atomic E-state index is 13.0. The second-order valence-electron chi connectivity index (χ2n) is 6.38. The van der Waals surface area contributed by atoms with E-state index in [1.54, 1.807) is 17.0 Å². The van der Waals surface area contributed by atoms with Crippen molar-refractivity contribution in [2.45, 2.75) is 12.8 Å². The van der Waals surface area contributed by atoms with Crippen molar-refractivity contribution in [3.8, 4) is 0 Å². The molecule has 4 nitrogen and oxygen atoms in total. The van der Waals surface area contributed by atoms with Gasteiger partial charge in [-0.1, -0.05) is 24.3 Å². The molecular weight excluding hydrogens is 363 g/mol. The molecule has 3 aromatic rings. The van der Waals surface area contributed by atoms with Crippen LogP contribution in [0.15, 0.2) is 60.0 Å². The Bertz CT molecular complexity index is 984. The monoisotopic (exact) mass is 380 g/mol. The van der Waals surface area contributed by atoms with Crippen molar-refractivity contribution in [1.29, 1.82) is 0 Å². The molecule has 0 saturated carbocycles. The van der Waals surface area contributed by atoms with Gasteiger partial charge in [0.1, 0.15) is 5.82 Å². The second kappa shape index (κ2) is 7.32. The molecule has 2 heterocycles. The summed E-state index contributed by atoms with van der Waals surface area (Å²) >= 11 is 1.42. The van der Waals surface area contributed by atoms with E-state index in [2.05, 4.69) is 5.32 Å². The number of nitrogens with zero attached hydrogens (tertiary/aromatic N) is 1. The van der Waals surface area contributed by atoms with E-state index in [0.29, 0.717) is 17.1 Å². The lowest BCUT2D eigenvalue weighted by Gasteiger charge is -2.17. The van der Waals surface area contributed by atoms with Crippen LogP contribution in [0.5, 0.6) is 0 Å². The van der Waals surface area contributed by atoms with Crippen molar-refractivity contribution in [1.82, 2.24) is 0 Å². The molecule has 136 valence electrons. The molecule has 0 spiro atoms. The Morgan fingerprint density at radius 2 is 1.93 bits per heavy atom. The molecule has 2 aromatic carbocycles. The van der Waals surface area contributed by atoms with Gasteiger partial charge in [-0.2, -0.15) is 0 Å². The molecule has 0 fully saturated rings. The molecule has 0 aliphatic carbocycles. The number of anilines is 2. The molecule has 0 unspecified atom stereocenters. The van der Waals surface area contributed by atoms with E-state index in [1.165, 1.54) is 23.5 Å². The zero-order chi connectivity index (χ0) is 18.8. The summed E-state index contributed by atoms with van der Waals surface area (Å²) < 4.78 is 13.0. The highest BCUT2D eigenvalue weighted by Crippen LogP contribution is 2.32. The minimum atomic E-state index is -0.326. The van der Waals surface area contributed by atoms with Gasteiger partial charge in [0.2, 0.25) is 5.91 Å². The molecule has 1 N–H and O–H groups in total. The smallest absolute Gasteiger partial charge is 0.268 e. The van der Waals surface area contributed by atoms with Gasteiger partial charge in [-0.25, -0.2) is 4.39 Å². The van der Waals surface area contributed by atoms with E-state index in [0.717, 1.165) is 23.2 Å². The maximum absolute atomic E-state index is 13.0. The van der Waals surface area contributed by atoms with Crippen LogP contribution in [0.3, 0.4) is 0 Å².